The van der Waals surface area contributed by atoms with Gasteiger partial charge in [0.25, 0.3) is 0 Å². The smallest absolute Gasteiger partial charge is 0.188 e. The molecule has 1 atom stereocenters. The van der Waals surface area contributed by atoms with Gasteiger partial charge in [0, 0.05) is 5.02 Å². The molecule has 0 aliphatic carbocycles. The molecule has 1 aromatic rings. The molecule has 0 unspecified atom stereocenters. The lowest BCUT2D eigenvalue weighted by Crippen LogP contribution is -2.15. The molecule has 0 amide bonds. The molecule has 0 heterocycles. The van der Waals surface area contributed by atoms with E-state index in [-0.39, 0.29) is 5.41 Å². The largest absolute Gasteiger partial charge is 0.238 e. The van der Waals surface area contributed by atoms with Crippen LogP contribution < -0.4 is 0 Å². The Morgan fingerprint density at radius 1 is 1.33 bits per heavy atom. The van der Waals surface area contributed by atoms with E-state index < -0.39 is 0 Å². The maximum atomic E-state index is 6.91. The second-order valence-electron chi connectivity index (χ2n) is 4.91. The standard InChI is InChI=1S/C13H16ClN/c1-9(13(2,3)4)11-7-6-10(15-5)8-12(11)14/h6-9H,1-4H3/t9-/m0/s1. The van der Waals surface area contributed by atoms with Crippen LogP contribution in [0, 0.1) is 12.0 Å². The second-order valence-corrected chi connectivity index (χ2v) is 5.31. The zero-order valence-electron chi connectivity index (χ0n) is 9.63. The molecule has 0 saturated carbocycles. The van der Waals surface area contributed by atoms with Gasteiger partial charge in [-0.3, -0.25) is 0 Å². The Hall–Kier alpha value is -1.00. The van der Waals surface area contributed by atoms with E-state index in [1.54, 1.807) is 6.07 Å². The minimum Gasteiger partial charge on any atom is -0.238 e. The van der Waals surface area contributed by atoms with Crippen LogP contribution in [0.1, 0.15) is 39.2 Å². The fourth-order valence-electron chi connectivity index (χ4n) is 1.40. The van der Waals surface area contributed by atoms with E-state index in [1.807, 2.05) is 12.1 Å². The van der Waals surface area contributed by atoms with Crippen molar-refractivity contribution >= 4 is 17.3 Å². The predicted octanol–water partition coefficient (Wildman–Crippen LogP) is 5.04. The number of hydrogen-bond donors (Lipinski definition) is 0. The van der Waals surface area contributed by atoms with Crippen LogP contribution in [0.4, 0.5) is 5.69 Å². The SMILES string of the molecule is [C-]#[N+]c1ccc([C@H](C)C(C)(C)C)c(Cl)c1. The summed E-state index contributed by atoms with van der Waals surface area (Å²) in [6, 6.07) is 5.54. The lowest BCUT2D eigenvalue weighted by Gasteiger charge is -2.28. The maximum absolute atomic E-state index is 6.91. The molecule has 2 heteroatoms. The Kier molecular flexibility index (Phi) is 3.42. The number of halogens is 1. The molecule has 0 fully saturated rings. The van der Waals surface area contributed by atoms with Gasteiger partial charge in [0.2, 0.25) is 0 Å². The van der Waals surface area contributed by atoms with Crippen LogP contribution in [0.2, 0.25) is 5.02 Å². The zero-order chi connectivity index (χ0) is 11.6. The molecule has 0 spiro atoms. The van der Waals surface area contributed by atoms with Gasteiger partial charge in [-0.15, -0.1) is 0 Å². The molecule has 0 aliphatic rings. The molecule has 0 radical (unpaired) electrons. The van der Waals surface area contributed by atoms with E-state index in [2.05, 4.69) is 32.5 Å². The van der Waals surface area contributed by atoms with Gasteiger partial charge in [-0.05, 0) is 23.0 Å². The highest BCUT2D eigenvalue weighted by atomic mass is 35.5. The predicted molar refractivity (Wildman–Crippen MR) is 65.6 cm³/mol. The van der Waals surface area contributed by atoms with Crippen molar-refractivity contribution in [3.63, 3.8) is 0 Å². The summed E-state index contributed by atoms with van der Waals surface area (Å²) >= 11 is 6.17. The average molecular weight is 222 g/mol. The summed E-state index contributed by atoms with van der Waals surface area (Å²) in [6.07, 6.45) is 0. The third kappa shape index (κ3) is 2.73. The third-order valence-corrected chi connectivity index (χ3v) is 3.21. The van der Waals surface area contributed by atoms with Crippen LogP contribution in [-0.2, 0) is 0 Å². The molecule has 0 aliphatic heterocycles. The molecule has 0 N–H and O–H groups in total. The molecule has 15 heavy (non-hydrogen) atoms. The molecule has 0 bridgehead atoms. The molecule has 0 aromatic heterocycles. The van der Waals surface area contributed by atoms with Gasteiger partial charge < -0.3 is 0 Å². The topological polar surface area (TPSA) is 4.36 Å². The van der Waals surface area contributed by atoms with Crippen molar-refractivity contribution in [2.24, 2.45) is 5.41 Å². The summed E-state index contributed by atoms with van der Waals surface area (Å²) in [7, 11) is 0. The van der Waals surface area contributed by atoms with Gasteiger partial charge in [0.1, 0.15) is 0 Å². The van der Waals surface area contributed by atoms with Gasteiger partial charge >= 0.3 is 0 Å². The Balaban J connectivity index is 3.13. The highest BCUT2D eigenvalue weighted by Crippen LogP contribution is 2.38. The summed E-state index contributed by atoms with van der Waals surface area (Å²) in [6.45, 7) is 15.6. The van der Waals surface area contributed by atoms with Crippen molar-refractivity contribution in [2.75, 3.05) is 0 Å². The van der Waals surface area contributed by atoms with Gasteiger partial charge in [0.05, 0.1) is 6.57 Å². The van der Waals surface area contributed by atoms with Gasteiger partial charge in [-0.25, -0.2) is 4.85 Å². The molecule has 1 nitrogen and oxygen atoms in total. The molecule has 1 rings (SSSR count). The van der Waals surface area contributed by atoms with Crippen molar-refractivity contribution in [3.8, 4) is 0 Å². The van der Waals surface area contributed by atoms with Crippen molar-refractivity contribution in [2.45, 2.75) is 33.6 Å². The first kappa shape index (κ1) is 12.1. The minimum absolute atomic E-state index is 0.184. The Morgan fingerprint density at radius 3 is 2.33 bits per heavy atom. The maximum Gasteiger partial charge on any atom is 0.188 e. The Morgan fingerprint density at radius 2 is 1.93 bits per heavy atom. The van der Waals surface area contributed by atoms with E-state index in [0.717, 1.165) is 5.56 Å². The molecule has 0 saturated heterocycles. The minimum atomic E-state index is 0.184. The highest BCUT2D eigenvalue weighted by Gasteiger charge is 2.23. The number of hydrogen-bond acceptors (Lipinski definition) is 0. The van der Waals surface area contributed by atoms with E-state index in [0.29, 0.717) is 16.6 Å². The molecule has 1 aromatic carbocycles. The van der Waals surface area contributed by atoms with Crippen LogP contribution in [-0.4, -0.2) is 0 Å². The first-order chi connectivity index (χ1) is 6.86. The third-order valence-electron chi connectivity index (χ3n) is 2.88. The van der Waals surface area contributed by atoms with Crippen LogP contribution in [0.5, 0.6) is 0 Å². The quantitative estimate of drug-likeness (QED) is 0.585. The highest BCUT2D eigenvalue weighted by molar-refractivity contribution is 6.31. The van der Waals surface area contributed by atoms with E-state index in [9.17, 15) is 0 Å². The summed E-state index contributed by atoms with van der Waals surface area (Å²) in [4.78, 5) is 3.36. The second kappa shape index (κ2) is 4.24. The number of nitrogens with zero attached hydrogens (tertiary/aromatic N) is 1. The Bertz CT molecular complexity index is 396. The van der Waals surface area contributed by atoms with E-state index >= 15 is 0 Å². The monoisotopic (exact) mass is 221 g/mol. The summed E-state index contributed by atoms with van der Waals surface area (Å²) in [5.74, 6) is 0.379. The summed E-state index contributed by atoms with van der Waals surface area (Å²) < 4.78 is 0. The summed E-state index contributed by atoms with van der Waals surface area (Å²) in [5, 5.41) is 0.700. The first-order valence-electron chi connectivity index (χ1n) is 5.03. The molecular formula is C13H16ClN. The van der Waals surface area contributed by atoms with Gasteiger partial charge in [-0.1, -0.05) is 51.4 Å². The zero-order valence-corrected chi connectivity index (χ0v) is 10.4. The summed E-state index contributed by atoms with van der Waals surface area (Å²) in [5.41, 5.74) is 1.91. The fourth-order valence-corrected chi connectivity index (χ4v) is 1.74. The van der Waals surface area contributed by atoms with Crippen LogP contribution in [0.25, 0.3) is 4.85 Å². The average Bonchev–Trinajstić information content (AvgIpc) is 2.15. The fraction of sp³-hybridized carbons (Fsp3) is 0.462. The Labute approximate surface area is 96.9 Å². The lowest BCUT2D eigenvalue weighted by molar-refractivity contribution is 0.339. The number of rotatable bonds is 1. The van der Waals surface area contributed by atoms with Crippen LogP contribution >= 0.6 is 11.6 Å². The molecule has 80 valence electrons. The van der Waals surface area contributed by atoms with E-state index in [1.165, 1.54) is 0 Å². The normalized spacial score (nSPS) is 13.3. The van der Waals surface area contributed by atoms with Gasteiger partial charge in [-0.2, -0.15) is 0 Å². The van der Waals surface area contributed by atoms with Crippen LogP contribution in [0.15, 0.2) is 18.2 Å². The first-order valence-corrected chi connectivity index (χ1v) is 5.41. The van der Waals surface area contributed by atoms with Crippen molar-refractivity contribution in [3.05, 3.63) is 40.2 Å². The lowest BCUT2D eigenvalue weighted by atomic mass is 9.78. The van der Waals surface area contributed by atoms with Gasteiger partial charge in [0.15, 0.2) is 5.69 Å². The number of benzene rings is 1. The molecular weight excluding hydrogens is 206 g/mol. The van der Waals surface area contributed by atoms with Crippen molar-refractivity contribution < 1.29 is 0 Å². The van der Waals surface area contributed by atoms with Crippen molar-refractivity contribution in [1.29, 1.82) is 0 Å². The van der Waals surface area contributed by atoms with E-state index in [4.69, 9.17) is 18.2 Å². The van der Waals surface area contributed by atoms with Crippen molar-refractivity contribution in [1.82, 2.24) is 0 Å². The van der Waals surface area contributed by atoms with Crippen LogP contribution in [0.3, 0.4) is 0 Å².